The maximum atomic E-state index is 5.63. The van der Waals surface area contributed by atoms with Gasteiger partial charge in [0.2, 0.25) is 0 Å². The molecule has 5 heteroatoms. The Morgan fingerprint density at radius 1 is 0.468 bits per heavy atom. The number of benzene rings is 9. The van der Waals surface area contributed by atoms with Gasteiger partial charge in [-0.3, -0.25) is 4.57 Å². The summed E-state index contributed by atoms with van der Waals surface area (Å²) in [7, 11) is 0. The summed E-state index contributed by atoms with van der Waals surface area (Å²) >= 11 is 0. The van der Waals surface area contributed by atoms with Gasteiger partial charge < -0.3 is 8.97 Å². The molecule has 62 heavy (non-hydrogen) atoms. The van der Waals surface area contributed by atoms with Crippen molar-refractivity contribution in [3.63, 3.8) is 0 Å². The highest BCUT2D eigenvalue weighted by atomic mass is 15.1. The van der Waals surface area contributed by atoms with Crippen molar-refractivity contribution in [1.29, 1.82) is 0 Å². The van der Waals surface area contributed by atoms with E-state index in [1.807, 2.05) is 0 Å². The van der Waals surface area contributed by atoms with E-state index in [1.165, 1.54) is 92.6 Å². The van der Waals surface area contributed by atoms with Gasteiger partial charge in [-0.2, -0.15) is 0 Å². The second kappa shape index (κ2) is 11.6. The topological polar surface area (TPSA) is 40.1 Å². The molecule has 14 aromatic rings. The standard InChI is InChI=1S/C57H35N5/c1-32-13-11-20-40-41-27-28-49-53-52-48(30-29-47-51(52)50-45(60(47)34-14-3-2-4-15-34)23-12-24-46(50)62(55(32)40)56(41)53)61(49)57-54(58-43-21-9-10-22-44(43)59-57)33-25-26-39-37-18-6-5-16-35(37)36-17-7-8-19-38(36)42(39)31-33/h2-12,14-32H,13H2,1H3. The number of hydrogen-bond acceptors (Lipinski definition) is 2. The molecule has 1 unspecified atom stereocenters. The molecule has 1 aliphatic carbocycles. The molecule has 0 fully saturated rings. The maximum Gasteiger partial charge on any atom is 0.165 e. The van der Waals surface area contributed by atoms with E-state index in [0.717, 1.165) is 51.3 Å². The van der Waals surface area contributed by atoms with E-state index in [4.69, 9.17) is 9.97 Å². The first kappa shape index (κ1) is 32.8. The molecular formula is C57H35N5. The van der Waals surface area contributed by atoms with Crippen LogP contribution < -0.4 is 0 Å². The predicted octanol–water partition coefficient (Wildman–Crippen LogP) is 14.8. The average Bonchev–Trinajstić information content (AvgIpc) is 3.94. The molecule has 1 aliphatic rings. The molecule has 5 heterocycles. The predicted molar refractivity (Wildman–Crippen MR) is 259 cm³/mol. The van der Waals surface area contributed by atoms with Crippen LogP contribution in [-0.2, 0) is 0 Å². The molecule has 9 aromatic carbocycles. The molecule has 0 aliphatic heterocycles. The van der Waals surface area contributed by atoms with Gasteiger partial charge >= 0.3 is 0 Å². The Kier molecular flexibility index (Phi) is 6.15. The van der Waals surface area contributed by atoms with Gasteiger partial charge in [0.15, 0.2) is 5.82 Å². The lowest BCUT2D eigenvalue weighted by Gasteiger charge is -2.16. The molecule has 1 atom stereocenters. The van der Waals surface area contributed by atoms with Crippen molar-refractivity contribution in [2.45, 2.75) is 19.3 Å². The van der Waals surface area contributed by atoms with Gasteiger partial charge in [0.05, 0.1) is 44.1 Å². The Morgan fingerprint density at radius 2 is 1.05 bits per heavy atom. The Labute approximate surface area is 354 Å². The van der Waals surface area contributed by atoms with Gasteiger partial charge in [0, 0.05) is 55.4 Å². The summed E-state index contributed by atoms with van der Waals surface area (Å²) in [5.41, 5.74) is 14.7. The summed E-state index contributed by atoms with van der Waals surface area (Å²) in [6, 6.07) is 59.9. The van der Waals surface area contributed by atoms with Crippen molar-refractivity contribution in [2.75, 3.05) is 0 Å². The minimum Gasteiger partial charge on any atom is -0.311 e. The third-order valence-corrected chi connectivity index (χ3v) is 14.1. The first-order valence-corrected chi connectivity index (χ1v) is 21.7. The number of rotatable bonds is 3. The number of nitrogens with zero attached hydrogens (tertiary/aromatic N) is 5. The van der Waals surface area contributed by atoms with Crippen molar-refractivity contribution >= 4 is 109 Å². The third-order valence-electron chi connectivity index (χ3n) is 14.1. The first-order valence-electron chi connectivity index (χ1n) is 21.7. The van der Waals surface area contributed by atoms with Crippen LogP contribution in [0.25, 0.3) is 132 Å². The van der Waals surface area contributed by atoms with Crippen LogP contribution in [0.1, 0.15) is 30.5 Å². The van der Waals surface area contributed by atoms with E-state index in [2.05, 4.69) is 196 Å². The maximum absolute atomic E-state index is 5.63. The minimum absolute atomic E-state index is 0.359. The summed E-state index contributed by atoms with van der Waals surface area (Å²) in [5.74, 6) is 1.19. The highest BCUT2D eigenvalue weighted by Crippen LogP contribution is 2.51. The average molecular weight is 790 g/mol. The third kappa shape index (κ3) is 3.99. The highest BCUT2D eigenvalue weighted by Gasteiger charge is 2.31. The SMILES string of the molecule is CC1CC=Cc2c1n1c3cccc4c3c3c5c6c(ccc2c61)n(-c1nc2ccccc2nc1-c1ccc2c6ccccc6c6ccccc6c2c1)c5ccc3n4-c1ccccc1. The van der Waals surface area contributed by atoms with Crippen molar-refractivity contribution < 1.29 is 0 Å². The quantitative estimate of drug-likeness (QED) is 0.167. The van der Waals surface area contributed by atoms with Crippen LogP contribution in [0.5, 0.6) is 0 Å². The number of para-hydroxylation sites is 3. The summed E-state index contributed by atoms with van der Waals surface area (Å²) < 4.78 is 7.52. The second-order valence-corrected chi connectivity index (χ2v) is 17.3. The lowest BCUT2D eigenvalue weighted by Crippen LogP contribution is -2.04. The van der Waals surface area contributed by atoms with Gasteiger partial charge in [0.25, 0.3) is 0 Å². The largest absolute Gasteiger partial charge is 0.311 e. The normalized spacial score (nSPS) is 14.6. The lowest BCUT2D eigenvalue weighted by molar-refractivity contribution is 0.738. The molecule has 5 aromatic heterocycles. The molecule has 0 N–H and O–H groups in total. The van der Waals surface area contributed by atoms with Crippen molar-refractivity contribution in [2.24, 2.45) is 0 Å². The fraction of sp³-hybridized carbons (Fsp3) is 0.0526. The number of allylic oxidation sites excluding steroid dienone is 1. The fourth-order valence-electron chi connectivity index (χ4n) is 11.6. The van der Waals surface area contributed by atoms with Crippen molar-refractivity contribution in [1.82, 2.24) is 23.5 Å². The molecule has 0 saturated carbocycles. The molecule has 288 valence electrons. The molecule has 15 rings (SSSR count). The Bertz CT molecular complexity index is 4220. The molecule has 0 bridgehead atoms. The van der Waals surface area contributed by atoms with E-state index < -0.39 is 0 Å². The molecule has 0 amide bonds. The van der Waals surface area contributed by atoms with Crippen LogP contribution in [0.3, 0.4) is 0 Å². The zero-order valence-corrected chi connectivity index (χ0v) is 33.8. The molecule has 0 spiro atoms. The van der Waals surface area contributed by atoms with Crippen molar-refractivity contribution in [3.05, 3.63) is 181 Å². The molecule has 0 saturated heterocycles. The number of aromatic nitrogens is 5. The van der Waals surface area contributed by atoms with Gasteiger partial charge in [-0.05, 0) is 99.4 Å². The highest BCUT2D eigenvalue weighted by molar-refractivity contribution is 6.37. The van der Waals surface area contributed by atoms with Crippen LogP contribution >= 0.6 is 0 Å². The van der Waals surface area contributed by atoms with Crippen LogP contribution in [0, 0.1) is 0 Å². The van der Waals surface area contributed by atoms with Gasteiger partial charge in [-0.1, -0.05) is 122 Å². The van der Waals surface area contributed by atoms with Crippen molar-refractivity contribution in [3.8, 4) is 22.8 Å². The molecule has 5 nitrogen and oxygen atoms in total. The molecular weight excluding hydrogens is 755 g/mol. The monoisotopic (exact) mass is 789 g/mol. The van der Waals surface area contributed by atoms with Crippen LogP contribution in [0.15, 0.2) is 170 Å². The van der Waals surface area contributed by atoms with E-state index in [1.54, 1.807) is 0 Å². The summed E-state index contributed by atoms with van der Waals surface area (Å²) in [4.78, 5) is 11.2. The second-order valence-electron chi connectivity index (χ2n) is 17.3. The van der Waals surface area contributed by atoms with E-state index >= 15 is 0 Å². The smallest absolute Gasteiger partial charge is 0.165 e. The van der Waals surface area contributed by atoms with Gasteiger partial charge in [-0.15, -0.1) is 0 Å². The van der Waals surface area contributed by atoms with E-state index in [-0.39, 0.29) is 0 Å². The van der Waals surface area contributed by atoms with Gasteiger partial charge in [-0.25, -0.2) is 9.97 Å². The van der Waals surface area contributed by atoms with E-state index in [9.17, 15) is 0 Å². The number of hydrogen-bond donors (Lipinski definition) is 0. The van der Waals surface area contributed by atoms with Crippen LogP contribution in [0.4, 0.5) is 0 Å². The lowest BCUT2D eigenvalue weighted by atomic mass is 9.93. The minimum atomic E-state index is 0.359. The number of fused-ring (bicyclic) bond motifs is 11. The Morgan fingerprint density at radius 3 is 1.82 bits per heavy atom. The Hall–Kier alpha value is -8.02. The summed E-state index contributed by atoms with van der Waals surface area (Å²) in [5, 5.41) is 13.9. The summed E-state index contributed by atoms with van der Waals surface area (Å²) in [6.45, 7) is 2.39. The zero-order valence-electron chi connectivity index (χ0n) is 33.8. The van der Waals surface area contributed by atoms with Crippen LogP contribution in [0.2, 0.25) is 0 Å². The van der Waals surface area contributed by atoms with Gasteiger partial charge in [0.1, 0.15) is 5.69 Å². The molecule has 0 radical (unpaired) electrons. The first-order chi connectivity index (χ1) is 30.7. The van der Waals surface area contributed by atoms with Crippen LogP contribution in [-0.4, -0.2) is 23.5 Å². The van der Waals surface area contributed by atoms with E-state index in [0.29, 0.717) is 5.92 Å². The zero-order chi connectivity index (χ0) is 40.4. The fourth-order valence-corrected chi connectivity index (χ4v) is 11.6. The summed E-state index contributed by atoms with van der Waals surface area (Å²) in [6.07, 6.45) is 5.74. The Balaban J connectivity index is 1.14.